The number of anilines is 1. The fraction of sp³-hybridized carbons (Fsp3) is 0.444. The quantitative estimate of drug-likeness (QED) is 0.407. The second kappa shape index (κ2) is 10.7. The topological polar surface area (TPSA) is 67.8 Å². The van der Waals surface area contributed by atoms with Crippen LogP contribution < -0.4 is 15.4 Å². The minimum Gasteiger partial charge on any atom is -0.493 e. The standard InChI is InChI=1S/C18H26N4O2S/c1-4-16-12-20-17(25-16)13-21-18(19-2)22-14-7-5-8-15(11-14)24-10-6-9-23-3/h5,7-8,11-12H,4,6,9-10,13H2,1-3H3,(H2,19,21,22). The van der Waals surface area contributed by atoms with Gasteiger partial charge in [-0.05, 0) is 18.6 Å². The van der Waals surface area contributed by atoms with Crippen molar-refractivity contribution in [2.45, 2.75) is 26.3 Å². The molecule has 0 bridgehead atoms. The summed E-state index contributed by atoms with van der Waals surface area (Å²) >= 11 is 1.72. The third kappa shape index (κ3) is 6.72. The zero-order valence-corrected chi connectivity index (χ0v) is 15.9. The first kappa shape index (κ1) is 19.2. The number of hydrogen-bond acceptors (Lipinski definition) is 5. The predicted octanol–water partition coefficient (Wildman–Crippen LogP) is 3.31. The Kier molecular flexibility index (Phi) is 8.21. The Morgan fingerprint density at radius 3 is 2.92 bits per heavy atom. The summed E-state index contributed by atoms with van der Waals surface area (Å²) in [5, 5.41) is 7.60. The summed E-state index contributed by atoms with van der Waals surface area (Å²) in [7, 11) is 3.44. The summed E-state index contributed by atoms with van der Waals surface area (Å²) in [6.45, 7) is 4.12. The Morgan fingerprint density at radius 1 is 1.32 bits per heavy atom. The maximum Gasteiger partial charge on any atom is 0.195 e. The van der Waals surface area contributed by atoms with Crippen molar-refractivity contribution >= 4 is 23.0 Å². The zero-order valence-electron chi connectivity index (χ0n) is 15.0. The predicted molar refractivity (Wildman–Crippen MR) is 104 cm³/mol. The van der Waals surface area contributed by atoms with E-state index < -0.39 is 0 Å². The summed E-state index contributed by atoms with van der Waals surface area (Å²) in [4.78, 5) is 9.95. The van der Waals surface area contributed by atoms with E-state index >= 15 is 0 Å². The number of aliphatic imine (C=N–C) groups is 1. The van der Waals surface area contributed by atoms with Crippen LogP contribution in [0.4, 0.5) is 5.69 Å². The van der Waals surface area contributed by atoms with Crippen LogP contribution in [0.5, 0.6) is 5.75 Å². The van der Waals surface area contributed by atoms with E-state index in [9.17, 15) is 0 Å². The van der Waals surface area contributed by atoms with Gasteiger partial charge in [0.2, 0.25) is 0 Å². The lowest BCUT2D eigenvalue weighted by Gasteiger charge is -2.12. The van der Waals surface area contributed by atoms with E-state index in [4.69, 9.17) is 9.47 Å². The Balaban J connectivity index is 1.85. The van der Waals surface area contributed by atoms with Crippen LogP contribution in [0.15, 0.2) is 35.5 Å². The number of thiazole rings is 1. The Bertz CT molecular complexity index is 673. The molecule has 0 unspecified atom stereocenters. The van der Waals surface area contributed by atoms with Crippen molar-refractivity contribution in [2.75, 3.05) is 32.7 Å². The molecule has 0 saturated heterocycles. The van der Waals surface area contributed by atoms with E-state index in [2.05, 4.69) is 27.5 Å². The number of nitrogens with one attached hydrogen (secondary N) is 2. The minimum absolute atomic E-state index is 0.633. The molecule has 0 aliphatic heterocycles. The van der Waals surface area contributed by atoms with Gasteiger partial charge in [0.1, 0.15) is 10.8 Å². The summed E-state index contributed by atoms with van der Waals surface area (Å²) in [5.41, 5.74) is 0.922. The van der Waals surface area contributed by atoms with Gasteiger partial charge in [0, 0.05) is 50.0 Å². The zero-order chi connectivity index (χ0) is 17.9. The molecule has 0 radical (unpaired) electrons. The monoisotopic (exact) mass is 362 g/mol. The van der Waals surface area contributed by atoms with Crippen molar-refractivity contribution in [3.05, 3.63) is 40.3 Å². The smallest absolute Gasteiger partial charge is 0.195 e. The average molecular weight is 362 g/mol. The molecule has 0 aliphatic rings. The van der Waals surface area contributed by atoms with E-state index in [1.807, 2.05) is 30.5 Å². The van der Waals surface area contributed by atoms with Crippen molar-refractivity contribution in [3.63, 3.8) is 0 Å². The fourth-order valence-corrected chi connectivity index (χ4v) is 2.93. The maximum atomic E-state index is 5.72. The second-order valence-corrected chi connectivity index (χ2v) is 6.55. The van der Waals surface area contributed by atoms with Gasteiger partial charge < -0.3 is 20.1 Å². The Hall–Kier alpha value is -2.12. The molecule has 1 aromatic carbocycles. The lowest BCUT2D eigenvalue weighted by Crippen LogP contribution is -2.30. The first-order valence-corrected chi connectivity index (χ1v) is 9.19. The summed E-state index contributed by atoms with van der Waals surface area (Å²) in [5.74, 6) is 1.52. The molecule has 1 aromatic heterocycles. The largest absolute Gasteiger partial charge is 0.493 e. The number of aromatic nitrogens is 1. The van der Waals surface area contributed by atoms with Crippen molar-refractivity contribution < 1.29 is 9.47 Å². The van der Waals surface area contributed by atoms with Crippen LogP contribution in [0, 0.1) is 0 Å². The van der Waals surface area contributed by atoms with Crippen LogP contribution in [0.1, 0.15) is 23.2 Å². The van der Waals surface area contributed by atoms with Gasteiger partial charge >= 0.3 is 0 Å². The molecule has 0 aliphatic carbocycles. The fourth-order valence-electron chi connectivity index (χ4n) is 2.13. The molecular formula is C18H26N4O2S. The number of nitrogens with zero attached hydrogens (tertiary/aromatic N) is 2. The van der Waals surface area contributed by atoms with Crippen LogP contribution in [0.2, 0.25) is 0 Å². The lowest BCUT2D eigenvalue weighted by molar-refractivity contribution is 0.172. The molecule has 2 aromatic rings. The molecule has 0 atom stereocenters. The van der Waals surface area contributed by atoms with E-state index in [1.54, 1.807) is 25.5 Å². The molecule has 0 spiro atoms. The molecule has 25 heavy (non-hydrogen) atoms. The van der Waals surface area contributed by atoms with Crippen molar-refractivity contribution in [3.8, 4) is 5.75 Å². The molecular weight excluding hydrogens is 336 g/mol. The SMILES string of the molecule is CCc1cnc(CNC(=NC)Nc2cccc(OCCCOC)c2)s1. The highest BCUT2D eigenvalue weighted by atomic mass is 32.1. The number of aryl methyl sites for hydroxylation is 1. The van der Waals surface area contributed by atoms with Gasteiger partial charge in [-0.3, -0.25) is 4.99 Å². The number of methoxy groups -OCH3 is 1. The summed E-state index contributed by atoms with van der Waals surface area (Å²) < 4.78 is 10.7. The van der Waals surface area contributed by atoms with E-state index in [0.717, 1.165) is 29.3 Å². The maximum absolute atomic E-state index is 5.72. The number of benzene rings is 1. The first-order valence-electron chi connectivity index (χ1n) is 8.38. The molecule has 136 valence electrons. The molecule has 1 heterocycles. The van der Waals surface area contributed by atoms with Crippen molar-refractivity contribution in [1.29, 1.82) is 0 Å². The number of rotatable bonds is 9. The van der Waals surface area contributed by atoms with E-state index in [1.165, 1.54) is 4.88 Å². The Morgan fingerprint density at radius 2 is 2.20 bits per heavy atom. The Labute approximate surface area is 153 Å². The number of hydrogen-bond donors (Lipinski definition) is 2. The summed E-state index contributed by atoms with van der Waals surface area (Å²) in [6.07, 6.45) is 3.81. The molecule has 2 rings (SSSR count). The van der Waals surface area contributed by atoms with Gasteiger partial charge in [-0.15, -0.1) is 11.3 Å². The molecule has 0 fully saturated rings. The van der Waals surface area contributed by atoms with Crippen molar-refractivity contribution in [2.24, 2.45) is 4.99 Å². The molecule has 2 N–H and O–H groups in total. The average Bonchev–Trinajstić information content (AvgIpc) is 3.11. The normalized spacial score (nSPS) is 11.4. The van der Waals surface area contributed by atoms with Gasteiger partial charge in [0.05, 0.1) is 13.2 Å². The number of ether oxygens (including phenoxy) is 2. The third-order valence-corrected chi connectivity index (χ3v) is 4.58. The van der Waals surface area contributed by atoms with E-state index in [-0.39, 0.29) is 0 Å². The minimum atomic E-state index is 0.633. The highest BCUT2D eigenvalue weighted by molar-refractivity contribution is 7.11. The van der Waals surface area contributed by atoms with Gasteiger partial charge in [0.15, 0.2) is 5.96 Å². The summed E-state index contributed by atoms with van der Waals surface area (Å²) in [6, 6.07) is 7.83. The molecule has 0 amide bonds. The van der Waals surface area contributed by atoms with Gasteiger partial charge in [-0.25, -0.2) is 4.98 Å². The molecule has 6 nitrogen and oxygen atoms in total. The second-order valence-electron chi connectivity index (χ2n) is 5.35. The van der Waals surface area contributed by atoms with Crippen LogP contribution >= 0.6 is 11.3 Å². The van der Waals surface area contributed by atoms with Crippen LogP contribution in [0.25, 0.3) is 0 Å². The van der Waals surface area contributed by atoms with Crippen LogP contribution in [-0.4, -0.2) is 38.3 Å². The van der Waals surface area contributed by atoms with Gasteiger partial charge in [-0.1, -0.05) is 13.0 Å². The first-order chi connectivity index (χ1) is 12.2. The van der Waals surface area contributed by atoms with Crippen LogP contribution in [-0.2, 0) is 17.7 Å². The highest BCUT2D eigenvalue weighted by Gasteiger charge is 2.04. The molecule has 7 heteroatoms. The highest BCUT2D eigenvalue weighted by Crippen LogP contribution is 2.18. The van der Waals surface area contributed by atoms with Crippen molar-refractivity contribution in [1.82, 2.24) is 10.3 Å². The van der Waals surface area contributed by atoms with Gasteiger partial charge in [0.25, 0.3) is 0 Å². The third-order valence-electron chi connectivity index (χ3n) is 3.44. The lowest BCUT2D eigenvalue weighted by atomic mass is 10.3. The number of guanidine groups is 1. The van der Waals surface area contributed by atoms with E-state index in [0.29, 0.717) is 25.7 Å². The van der Waals surface area contributed by atoms with Gasteiger partial charge in [-0.2, -0.15) is 0 Å². The van der Waals surface area contributed by atoms with Crippen LogP contribution in [0.3, 0.4) is 0 Å². The molecule has 0 saturated carbocycles.